The van der Waals surface area contributed by atoms with Gasteiger partial charge < -0.3 is 24.6 Å². The van der Waals surface area contributed by atoms with Crippen molar-refractivity contribution in [3.05, 3.63) is 88.9 Å². The molecule has 14 heteroatoms. The van der Waals surface area contributed by atoms with Crippen molar-refractivity contribution >= 4 is 11.7 Å². The molecule has 4 aromatic rings. The molecule has 0 spiro atoms. The standard InChI is InChI=1S/C29H23F5N4O5/c1-15(16-9-10-22-23(13-16)43-29(33,34)42-22)41-24-14-17(11-12-35-24)38-25-19(26(37-38)28(30,31)32)6-4-8-21(25)36-20-7-3-2-5-18(20)27(39)40/h2-3,5,7,9-15,21,36H,4,6,8H2,1H3,(H,39,40)/t15-,21-/m0/s1. The molecule has 0 unspecified atom stereocenters. The molecule has 2 aliphatic rings. The van der Waals surface area contributed by atoms with Crippen molar-refractivity contribution in [1.29, 1.82) is 0 Å². The van der Waals surface area contributed by atoms with Crippen LogP contribution in [0, 0.1) is 0 Å². The average Bonchev–Trinajstić information content (AvgIpc) is 3.50. The van der Waals surface area contributed by atoms with Gasteiger partial charge in [-0.2, -0.15) is 18.3 Å². The molecule has 2 atom stereocenters. The van der Waals surface area contributed by atoms with E-state index in [0.717, 1.165) is 0 Å². The first-order valence-corrected chi connectivity index (χ1v) is 13.2. The van der Waals surface area contributed by atoms with Crippen LogP contribution in [0.5, 0.6) is 17.4 Å². The van der Waals surface area contributed by atoms with Crippen LogP contribution in [0.3, 0.4) is 0 Å². The molecule has 0 radical (unpaired) electrons. The predicted molar refractivity (Wildman–Crippen MR) is 141 cm³/mol. The van der Waals surface area contributed by atoms with Crippen molar-refractivity contribution in [2.24, 2.45) is 0 Å². The van der Waals surface area contributed by atoms with E-state index in [2.05, 4.69) is 24.9 Å². The van der Waals surface area contributed by atoms with Crippen LogP contribution in [-0.4, -0.2) is 32.1 Å². The lowest BCUT2D eigenvalue weighted by atomic mass is 9.90. The summed E-state index contributed by atoms with van der Waals surface area (Å²) in [5, 5.41) is 16.7. The minimum Gasteiger partial charge on any atom is -0.478 e. The number of rotatable bonds is 7. The number of ether oxygens (including phenoxy) is 3. The zero-order valence-corrected chi connectivity index (χ0v) is 22.4. The molecule has 0 fully saturated rings. The van der Waals surface area contributed by atoms with E-state index in [0.29, 0.717) is 18.4 Å². The molecule has 6 rings (SSSR count). The number of carbonyl (C=O) groups is 1. The summed E-state index contributed by atoms with van der Waals surface area (Å²) in [4.78, 5) is 15.9. The van der Waals surface area contributed by atoms with E-state index >= 15 is 0 Å². The number of hydrogen-bond acceptors (Lipinski definition) is 7. The van der Waals surface area contributed by atoms with Crippen LogP contribution in [-0.2, 0) is 12.6 Å². The van der Waals surface area contributed by atoms with Crippen LogP contribution in [0.4, 0.5) is 27.6 Å². The Kier molecular flexibility index (Phi) is 6.86. The van der Waals surface area contributed by atoms with E-state index in [9.17, 15) is 31.9 Å². The number of nitrogens with one attached hydrogen (secondary N) is 1. The Balaban J connectivity index is 1.34. The molecule has 1 aliphatic heterocycles. The molecule has 0 bridgehead atoms. The molecule has 2 N–H and O–H groups in total. The van der Waals surface area contributed by atoms with Crippen LogP contribution in [0.1, 0.15) is 64.8 Å². The Bertz CT molecular complexity index is 1710. The first-order valence-electron chi connectivity index (χ1n) is 13.2. The normalized spacial score (nSPS) is 17.7. The van der Waals surface area contributed by atoms with Crippen LogP contribution >= 0.6 is 0 Å². The first kappa shape index (κ1) is 28.2. The summed E-state index contributed by atoms with van der Waals surface area (Å²) >= 11 is 0. The SMILES string of the molecule is C[C@H](Oc1cc(-n2nc(C(F)(F)F)c3c2[C@@H](Nc2ccccc2C(=O)O)CCC3)ccn1)c1ccc2c(c1)OC(F)(F)O2. The van der Waals surface area contributed by atoms with E-state index in [1.54, 1.807) is 25.1 Å². The maximum atomic E-state index is 14.1. The predicted octanol–water partition coefficient (Wildman–Crippen LogP) is 6.94. The minimum absolute atomic E-state index is 0.0162. The van der Waals surface area contributed by atoms with Gasteiger partial charge in [-0.15, -0.1) is 8.78 Å². The number of hydrogen-bond donors (Lipinski definition) is 2. The molecular weight excluding hydrogens is 579 g/mol. The average molecular weight is 603 g/mol. The molecule has 0 amide bonds. The molecular formula is C29H23F5N4O5. The summed E-state index contributed by atoms with van der Waals surface area (Å²) in [6, 6.07) is 12.6. The molecule has 43 heavy (non-hydrogen) atoms. The second-order valence-electron chi connectivity index (χ2n) is 10.0. The fourth-order valence-electron chi connectivity index (χ4n) is 5.30. The van der Waals surface area contributed by atoms with Gasteiger partial charge in [0, 0.05) is 23.5 Å². The lowest BCUT2D eigenvalue weighted by Gasteiger charge is -2.27. The lowest BCUT2D eigenvalue weighted by Crippen LogP contribution is -2.25. The summed E-state index contributed by atoms with van der Waals surface area (Å²) in [5.41, 5.74) is 0.194. The third kappa shape index (κ3) is 5.51. The van der Waals surface area contributed by atoms with Crippen LogP contribution in [0.25, 0.3) is 5.69 Å². The quantitative estimate of drug-likeness (QED) is 0.219. The Morgan fingerprint density at radius 3 is 2.67 bits per heavy atom. The van der Waals surface area contributed by atoms with Gasteiger partial charge in [0.15, 0.2) is 17.2 Å². The van der Waals surface area contributed by atoms with Gasteiger partial charge >= 0.3 is 18.4 Å². The highest BCUT2D eigenvalue weighted by molar-refractivity contribution is 5.94. The van der Waals surface area contributed by atoms with E-state index in [1.165, 1.54) is 47.3 Å². The number of nitrogens with zero attached hydrogens (tertiary/aromatic N) is 3. The second kappa shape index (κ2) is 10.4. The molecule has 0 saturated carbocycles. The number of carboxylic acids is 1. The minimum atomic E-state index is -4.73. The number of aromatic nitrogens is 3. The zero-order valence-electron chi connectivity index (χ0n) is 22.4. The molecule has 2 aromatic carbocycles. The summed E-state index contributed by atoms with van der Waals surface area (Å²) in [7, 11) is 0. The Morgan fingerprint density at radius 1 is 1.14 bits per heavy atom. The van der Waals surface area contributed by atoms with Crippen molar-refractivity contribution < 1.29 is 46.1 Å². The van der Waals surface area contributed by atoms with Crippen molar-refractivity contribution in [2.45, 2.75) is 50.8 Å². The Labute approximate surface area is 240 Å². The van der Waals surface area contributed by atoms with Gasteiger partial charge in [-0.3, -0.25) is 0 Å². The fraction of sp³-hybridized carbons (Fsp3) is 0.276. The van der Waals surface area contributed by atoms with E-state index < -0.39 is 36.3 Å². The first-order chi connectivity index (χ1) is 20.4. The number of pyridine rings is 1. The third-order valence-corrected chi connectivity index (χ3v) is 7.18. The number of anilines is 1. The smallest absolute Gasteiger partial charge is 0.478 e. The summed E-state index contributed by atoms with van der Waals surface area (Å²) in [5.74, 6) is -1.42. The van der Waals surface area contributed by atoms with Crippen molar-refractivity contribution in [3.63, 3.8) is 0 Å². The highest BCUT2D eigenvalue weighted by atomic mass is 19.4. The maximum Gasteiger partial charge on any atom is 0.586 e. The number of benzene rings is 2. The van der Waals surface area contributed by atoms with Crippen LogP contribution in [0.2, 0.25) is 0 Å². The molecule has 3 heterocycles. The second-order valence-corrected chi connectivity index (χ2v) is 10.0. The highest BCUT2D eigenvalue weighted by Crippen LogP contribution is 2.43. The van der Waals surface area contributed by atoms with Crippen LogP contribution < -0.4 is 19.5 Å². The van der Waals surface area contributed by atoms with Gasteiger partial charge in [-0.05, 0) is 62.1 Å². The summed E-state index contributed by atoms with van der Waals surface area (Å²) in [6.07, 6.45) is -6.88. The summed E-state index contributed by atoms with van der Waals surface area (Å²) < 4.78 is 85.3. The van der Waals surface area contributed by atoms with Gasteiger partial charge in [-0.1, -0.05) is 18.2 Å². The van der Waals surface area contributed by atoms with Crippen molar-refractivity contribution in [1.82, 2.24) is 14.8 Å². The van der Waals surface area contributed by atoms with Gasteiger partial charge in [0.1, 0.15) is 6.10 Å². The number of fused-ring (bicyclic) bond motifs is 2. The molecule has 224 valence electrons. The topological polar surface area (TPSA) is 108 Å². The highest BCUT2D eigenvalue weighted by Gasteiger charge is 2.44. The molecule has 9 nitrogen and oxygen atoms in total. The van der Waals surface area contributed by atoms with Crippen molar-refractivity contribution in [3.8, 4) is 23.1 Å². The number of carboxylic acid groups (broad SMARTS) is 1. The van der Waals surface area contributed by atoms with E-state index in [4.69, 9.17) is 4.74 Å². The van der Waals surface area contributed by atoms with E-state index in [1.807, 2.05) is 0 Å². The Hall–Kier alpha value is -4.88. The number of alkyl halides is 5. The number of aromatic carboxylic acids is 1. The maximum absolute atomic E-state index is 14.1. The van der Waals surface area contributed by atoms with Gasteiger partial charge in [0.05, 0.1) is 23.0 Å². The monoisotopic (exact) mass is 602 g/mol. The summed E-state index contributed by atoms with van der Waals surface area (Å²) in [6.45, 7) is 1.64. The number of halogens is 5. The zero-order chi connectivity index (χ0) is 30.5. The van der Waals surface area contributed by atoms with Gasteiger partial charge in [0.25, 0.3) is 0 Å². The fourth-order valence-corrected chi connectivity index (χ4v) is 5.30. The lowest BCUT2D eigenvalue weighted by molar-refractivity contribution is -0.286. The third-order valence-electron chi connectivity index (χ3n) is 7.18. The molecule has 1 aliphatic carbocycles. The van der Waals surface area contributed by atoms with Gasteiger partial charge in [-0.25, -0.2) is 14.5 Å². The van der Waals surface area contributed by atoms with Crippen molar-refractivity contribution in [2.75, 3.05) is 5.32 Å². The Morgan fingerprint density at radius 2 is 1.91 bits per heavy atom. The number of para-hydroxylation sites is 1. The molecule has 2 aromatic heterocycles. The molecule has 0 saturated heterocycles. The van der Waals surface area contributed by atoms with Gasteiger partial charge in [0.2, 0.25) is 5.88 Å². The van der Waals surface area contributed by atoms with Crippen LogP contribution in [0.15, 0.2) is 60.8 Å². The largest absolute Gasteiger partial charge is 0.586 e. The van der Waals surface area contributed by atoms with E-state index in [-0.39, 0.29) is 52.0 Å².